The number of aromatic nitrogens is 1. The van der Waals surface area contributed by atoms with Gasteiger partial charge in [-0.15, -0.1) is 0 Å². The lowest BCUT2D eigenvalue weighted by Gasteiger charge is -2.19. The average molecular weight is 228 g/mol. The molecule has 0 aromatic carbocycles. The Labute approximate surface area is 94.4 Å². The van der Waals surface area contributed by atoms with Gasteiger partial charge in [0.25, 0.3) is 0 Å². The first-order chi connectivity index (χ1) is 6.87. The molecular formula is C11H14ClNO2. The highest BCUT2D eigenvalue weighted by Gasteiger charge is 2.16. The molecule has 0 N–H and O–H groups in total. The van der Waals surface area contributed by atoms with E-state index in [9.17, 15) is 4.79 Å². The second-order valence-electron chi connectivity index (χ2n) is 4.23. The highest BCUT2D eigenvalue weighted by molar-refractivity contribution is 6.30. The molecule has 0 aliphatic heterocycles. The third-order valence-electron chi connectivity index (χ3n) is 1.52. The third-order valence-corrected chi connectivity index (χ3v) is 1.76. The van der Waals surface area contributed by atoms with Crippen molar-refractivity contribution in [1.82, 2.24) is 4.98 Å². The summed E-state index contributed by atoms with van der Waals surface area (Å²) in [6, 6.07) is 3.33. The number of rotatable bonds is 2. The Morgan fingerprint density at radius 2 is 2.20 bits per heavy atom. The number of carbonyl (C=O) groups is 1. The molecule has 0 atom stereocenters. The Kier molecular flexibility index (Phi) is 3.69. The molecule has 0 aliphatic carbocycles. The molecule has 0 radical (unpaired) electrons. The quantitative estimate of drug-likeness (QED) is 0.730. The molecule has 0 amide bonds. The molecule has 0 aliphatic rings. The molecule has 1 aromatic rings. The molecule has 0 saturated heterocycles. The predicted molar refractivity (Wildman–Crippen MR) is 58.8 cm³/mol. The summed E-state index contributed by atoms with van der Waals surface area (Å²) in [5.41, 5.74) is 0.159. The van der Waals surface area contributed by atoms with E-state index in [1.165, 1.54) is 0 Å². The minimum absolute atomic E-state index is 0.151. The van der Waals surface area contributed by atoms with E-state index >= 15 is 0 Å². The van der Waals surface area contributed by atoms with Crippen LogP contribution in [-0.4, -0.2) is 16.6 Å². The zero-order valence-corrected chi connectivity index (χ0v) is 9.84. The van der Waals surface area contributed by atoms with Crippen LogP contribution in [0.25, 0.3) is 0 Å². The van der Waals surface area contributed by atoms with Gasteiger partial charge in [-0.25, -0.2) is 0 Å². The summed E-state index contributed by atoms with van der Waals surface area (Å²) < 4.78 is 5.16. The van der Waals surface area contributed by atoms with Crippen LogP contribution in [0, 0.1) is 0 Å². The van der Waals surface area contributed by atoms with Crippen LogP contribution in [0.1, 0.15) is 26.5 Å². The maximum absolute atomic E-state index is 11.4. The third kappa shape index (κ3) is 4.79. The van der Waals surface area contributed by atoms with Crippen molar-refractivity contribution >= 4 is 17.6 Å². The Hall–Kier alpha value is -1.09. The molecule has 15 heavy (non-hydrogen) atoms. The van der Waals surface area contributed by atoms with Gasteiger partial charge in [-0.3, -0.25) is 9.78 Å². The number of hydrogen-bond donors (Lipinski definition) is 0. The monoisotopic (exact) mass is 227 g/mol. The minimum atomic E-state index is -0.463. The van der Waals surface area contributed by atoms with E-state index in [0.717, 1.165) is 0 Å². The molecule has 0 saturated carbocycles. The van der Waals surface area contributed by atoms with Gasteiger partial charge >= 0.3 is 5.97 Å². The SMILES string of the molecule is CC(C)(C)OC(=O)Cc1cc(Cl)ccn1. The van der Waals surface area contributed by atoms with Crippen LogP contribution in [-0.2, 0) is 16.0 Å². The zero-order chi connectivity index (χ0) is 11.5. The van der Waals surface area contributed by atoms with Gasteiger partial charge in [-0.1, -0.05) is 11.6 Å². The van der Waals surface area contributed by atoms with Crippen molar-refractivity contribution in [3.05, 3.63) is 29.0 Å². The maximum atomic E-state index is 11.4. The van der Waals surface area contributed by atoms with Crippen LogP contribution in [0.4, 0.5) is 0 Å². The van der Waals surface area contributed by atoms with Crippen molar-refractivity contribution in [1.29, 1.82) is 0 Å². The van der Waals surface area contributed by atoms with Crippen LogP contribution in [0.5, 0.6) is 0 Å². The van der Waals surface area contributed by atoms with Gasteiger partial charge in [-0.2, -0.15) is 0 Å². The first-order valence-electron chi connectivity index (χ1n) is 4.69. The number of pyridine rings is 1. The topological polar surface area (TPSA) is 39.2 Å². The summed E-state index contributed by atoms with van der Waals surface area (Å²) in [6.07, 6.45) is 1.72. The molecule has 0 spiro atoms. The normalized spacial score (nSPS) is 11.2. The fourth-order valence-corrected chi connectivity index (χ4v) is 1.25. The summed E-state index contributed by atoms with van der Waals surface area (Å²) >= 11 is 5.77. The van der Waals surface area contributed by atoms with Gasteiger partial charge < -0.3 is 4.74 Å². The second-order valence-corrected chi connectivity index (χ2v) is 4.67. The number of esters is 1. The molecular weight excluding hydrogens is 214 g/mol. The first-order valence-corrected chi connectivity index (χ1v) is 5.07. The highest BCUT2D eigenvalue weighted by atomic mass is 35.5. The van der Waals surface area contributed by atoms with Crippen molar-refractivity contribution in [3.8, 4) is 0 Å². The maximum Gasteiger partial charge on any atom is 0.312 e. The number of hydrogen-bond acceptors (Lipinski definition) is 3. The lowest BCUT2D eigenvalue weighted by atomic mass is 10.2. The Balaban J connectivity index is 2.59. The zero-order valence-electron chi connectivity index (χ0n) is 9.08. The van der Waals surface area contributed by atoms with Gasteiger partial charge in [0.2, 0.25) is 0 Å². The van der Waals surface area contributed by atoms with E-state index < -0.39 is 5.60 Å². The van der Waals surface area contributed by atoms with Gasteiger partial charge in [0, 0.05) is 11.2 Å². The Morgan fingerprint density at radius 1 is 1.53 bits per heavy atom. The van der Waals surface area contributed by atoms with Gasteiger partial charge in [0.15, 0.2) is 0 Å². The summed E-state index contributed by atoms with van der Waals surface area (Å²) in [7, 11) is 0. The fourth-order valence-electron chi connectivity index (χ4n) is 1.07. The van der Waals surface area contributed by atoms with E-state index in [4.69, 9.17) is 16.3 Å². The van der Waals surface area contributed by atoms with Crippen LogP contribution in [0.2, 0.25) is 5.02 Å². The second kappa shape index (κ2) is 4.62. The molecule has 1 aromatic heterocycles. The lowest BCUT2D eigenvalue weighted by molar-refractivity contribution is -0.153. The number of carbonyl (C=O) groups excluding carboxylic acids is 1. The standard InChI is InChI=1S/C11H14ClNO2/c1-11(2,3)15-10(14)7-9-6-8(12)4-5-13-9/h4-6H,7H2,1-3H3. The van der Waals surface area contributed by atoms with E-state index in [1.54, 1.807) is 18.3 Å². The van der Waals surface area contributed by atoms with Crippen molar-refractivity contribution in [2.45, 2.75) is 32.8 Å². The van der Waals surface area contributed by atoms with Crippen molar-refractivity contribution in [2.24, 2.45) is 0 Å². The van der Waals surface area contributed by atoms with Gasteiger partial charge in [0.05, 0.1) is 12.1 Å². The van der Waals surface area contributed by atoms with Gasteiger partial charge in [0.1, 0.15) is 5.60 Å². The van der Waals surface area contributed by atoms with Crippen molar-refractivity contribution < 1.29 is 9.53 Å². The average Bonchev–Trinajstić information content (AvgIpc) is 1.99. The molecule has 0 unspecified atom stereocenters. The molecule has 3 nitrogen and oxygen atoms in total. The highest BCUT2D eigenvalue weighted by Crippen LogP contribution is 2.11. The predicted octanol–water partition coefficient (Wildman–Crippen LogP) is 2.62. The van der Waals surface area contributed by atoms with Crippen LogP contribution >= 0.6 is 11.6 Å². The first kappa shape index (κ1) is 12.0. The largest absolute Gasteiger partial charge is 0.460 e. The summed E-state index contributed by atoms with van der Waals surface area (Å²) in [5.74, 6) is -0.294. The Morgan fingerprint density at radius 3 is 2.73 bits per heavy atom. The van der Waals surface area contributed by atoms with Crippen LogP contribution < -0.4 is 0 Å². The smallest absolute Gasteiger partial charge is 0.312 e. The number of ether oxygens (including phenoxy) is 1. The molecule has 4 heteroatoms. The van der Waals surface area contributed by atoms with E-state index in [2.05, 4.69) is 4.98 Å². The number of halogens is 1. The molecule has 0 bridgehead atoms. The van der Waals surface area contributed by atoms with Crippen LogP contribution in [0.15, 0.2) is 18.3 Å². The molecule has 1 heterocycles. The molecule has 0 fully saturated rings. The molecule has 82 valence electrons. The van der Waals surface area contributed by atoms with Crippen LogP contribution in [0.3, 0.4) is 0 Å². The van der Waals surface area contributed by atoms with E-state index in [0.29, 0.717) is 10.7 Å². The van der Waals surface area contributed by atoms with E-state index in [-0.39, 0.29) is 12.4 Å². The van der Waals surface area contributed by atoms with E-state index in [1.807, 2.05) is 20.8 Å². The number of nitrogens with zero attached hydrogens (tertiary/aromatic N) is 1. The van der Waals surface area contributed by atoms with Gasteiger partial charge in [-0.05, 0) is 32.9 Å². The van der Waals surface area contributed by atoms with Crippen molar-refractivity contribution in [2.75, 3.05) is 0 Å². The summed E-state index contributed by atoms with van der Waals surface area (Å²) in [4.78, 5) is 15.5. The fraction of sp³-hybridized carbons (Fsp3) is 0.455. The minimum Gasteiger partial charge on any atom is -0.460 e. The lowest BCUT2D eigenvalue weighted by Crippen LogP contribution is -2.25. The summed E-state index contributed by atoms with van der Waals surface area (Å²) in [5, 5.41) is 0.573. The molecule has 1 rings (SSSR count). The Bertz CT molecular complexity index is 358. The summed E-state index contributed by atoms with van der Waals surface area (Å²) in [6.45, 7) is 5.49. The van der Waals surface area contributed by atoms with Crippen molar-refractivity contribution in [3.63, 3.8) is 0 Å².